The molecule has 104 valence electrons. The molecule has 0 saturated heterocycles. The van der Waals surface area contributed by atoms with Gasteiger partial charge in [0.05, 0.1) is 5.41 Å². The van der Waals surface area contributed by atoms with Crippen molar-refractivity contribution in [3.05, 3.63) is 57.9 Å². The van der Waals surface area contributed by atoms with E-state index in [1.54, 1.807) is 0 Å². The van der Waals surface area contributed by atoms with Gasteiger partial charge in [-0.1, -0.05) is 51.1 Å². The van der Waals surface area contributed by atoms with Gasteiger partial charge in [0.2, 0.25) is 0 Å². The molecular formula is C19H22O. The van der Waals surface area contributed by atoms with Gasteiger partial charge in [-0.05, 0) is 47.4 Å². The summed E-state index contributed by atoms with van der Waals surface area (Å²) in [6, 6.07) is 10.8. The smallest absolute Gasteiger partial charge is 0.117 e. The summed E-state index contributed by atoms with van der Waals surface area (Å²) >= 11 is 0. The fourth-order valence-electron chi connectivity index (χ4n) is 3.18. The highest BCUT2D eigenvalue weighted by molar-refractivity contribution is 5.66. The van der Waals surface area contributed by atoms with Crippen molar-refractivity contribution >= 4 is 12.2 Å². The molecule has 1 aliphatic carbocycles. The monoisotopic (exact) mass is 266 g/mol. The number of hydrogen-bond donors (Lipinski definition) is 0. The summed E-state index contributed by atoms with van der Waals surface area (Å²) in [7, 11) is 0. The van der Waals surface area contributed by atoms with Gasteiger partial charge in [-0.25, -0.2) is 0 Å². The Morgan fingerprint density at radius 1 is 1.10 bits per heavy atom. The summed E-state index contributed by atoms with van der Waals surface area (Å²) in [5.41, 5.74) is 1.35. The van der Waals surface area contributed by atoms with Crippen LogP contribution in [-0.4, -0.2) is 0 Å². The lowest BCUT2D eigenvalue weighted by Gasteiger charge is -2.20. The molecule has 1 atom stereocenters. The van der Waals surface area contributed by atoms with Gasteiger partial charge < -0.3 is 4.42 Å². The minimum absolute atomic E-state index is 0.0818. The molecule has 1 aromatic carbocycles. The van der Waals surface area contributed by atoms with Crippen molar-refractivity contribution in [2.24, 2.45) is 0 Å². The van der Waals surface area contributed by atoms with Gasteiger partial charge >= 0.3 is 0 Å². The summed E-state index contributed by atoms with van der Waals surface area (Å²) in [4.78, 5) is 0. The first-order valence-corrected chi connectivity index (χ1v) is 7.47. The largest absolute Gasteiger partial charge is 0.465 e. The number of benzene rings is 1. The van der Waals surface area contributed by atoms with Crippen molar-refractivity contribution < 1.29 is 4.42 Å². The molecule has 0 radical (unpaired) electrons. The summed E-state index contributed by atoms with van der Waals surface area (Å²) in [5.74, 6) is 2.58. The normalized spacial score (nSPS) is 20.6. The van der Waals surface area contributed by atoms with Gasteiger partial charge in [0, 0.05) is 0 Å². The zero-order chi connectivity index (χ0) is 14.3. The molecule has 0 aliphatic heterocycles. The molecule has 0 saturated carbocycles. The van der Waals surface area contributed by atoms with Crippen molar-refractivity contribution in [1.82, 2.24) is 0 Å². The van der Waals surface area contributed by atoms with Crippen LogP contribution in [-0.2, 0) is 5.41 Å². The SMILES string of the molecule is CCC1(c2ccc(C)o2)C=c2cccc(C(C)C)c2=C1. The van der Waals surface area contributed by atoms with Crippen molar-refractivity contribution in [3.8, 4) is 0 Å². The van der Waals surface area contributed by atoms with Gasteiger partial charge in [0.25, 0.3) is 0 Å². The summed E-state index contributed by atoms with van der Waals surface area (Å²) in [6.45, 7) is 8.75. The molecule has 0 fully saturated rings. The van der Waals surface area contributed by atoms with Crippen molar-refractivity contribution in [3.63, 3.8) is 0 Å². The molecule has 0 amide bonds. The van der Waals surface area contributed by atoms with Crippen LogP contribution in [0.3, 0.4) is 0 Å². The molecule has 1 heterocycles. The van der Waals surface area contributed by atoms with E-state index >= 15 is 0 Å². The van der Waals surface area contributed by atoms with Crippen LogP contribution in [0.1, 0.15) is 50.2 Å². The minimum Gasteiger partial charge on any atom is -0.465 e. The van der Waals surface area contributed by atoms with Crippen LogP contribution < -0.4 is 10.4 Å². The Bertz CT molecular complexity index is 748. The molecule has 1 unspecified atom stereocenters. The van der Waals surface area contributed by atoms with Crippen LogP contribution in [0.4, 0.5) is 0 Å². The highest BCUT2D eigenvalue weighted by Crippen LogP contribution is 2.34. The molecule has 2 aromatic rings. The van der Waals surface area contributed by atoms with Crippen molar-refractivity contribution in [2.75, 3.05) is 0 Å². The first-order valence-electron chi connectivity index (χ1n) is 7.47. The van der Waals surface area contributed by atoms with Gasteiger partial charge in [0.15, 0.2) is 0 Å². The minimum atomic E-state index is -0.0818. The molecule has 1 nitrogen and oxygen atoms in total. The van der Waals surface area contributed by atoms with E-state index in [1.807, 2.05) is 6.92 Å². The predicted octanol–water partition coefficient (Wildman–Crippen LogP) is 3.63. The predicted molar refractivity (Wildman–Crippen MR) is 84.1 cm³/mol. The van der Waals surface area contributed by atoms with Gasteiger partial charge in [-0.15, -0.1) is 0 Å². The number of furan rings is 1. The fraction of sp³-hybridized carbons (Fsp3) is 0.368. The maximum absolute atomic E-state index is 5.93. The van der Waals surface area contributed by atoms with E-state index in [2.05, 4.69) is 63.3 Å². The van der Waals surface area contributed by atoms with Crippen LogP contribution >= 0.6 is 0 Å². The van der Waals surface area contributed by atoms with Crippen LogP contribution in [0, 0.1) is 6.92 Å². The third kappa shape index (κ3) is 1.93. The van der Waals surface area contributed by atoms with E-state index in [4.69, 9.17) is 4.42 Å². The Balaban J connectivity index is 2.25. The summed E-state index contributed by atoms with van der Waals surface area (Å²) in [6.07, 6.45) is 5.79. The van der Waals surface area contributed by atoms with Crippen LogP contribution in [0.2, 0.25) is 0 Å². The average Bonchev–Trinajstić information content (AvgIpc) is 3.01. The van der Waals surface area contributed by atoms with E-state index in [1.165, 1.54) is 16.0 Å². The van der Waals surface area contributed by atoms with E-state index in [0.717, 1.165) is 17.9 Å². The maximum Gasteiger partial charge on any atom is 0.117 e. The Labute approximate surface area is 120 Å². The van der Waals surface area contributed by atoms with Gasteiger partial charge in [0.1, 0.15) is 11.5 Å². The molecule has 1 aromatic heterocycles. The van der Waals surface area contributed by atoms with Crippen molar-refractivity contribution in [1.29, 1.82) is 0 Å². The molecule has 20 heavy (non-hydrogen) atoms. The van der Waals surface area contributed by atoms with Crippen LogP contribution in [0.5, 0.6) is 0 Å². The number of hydrogen-bond acceptors (Lipinski definition) is 1. The Morgan fingerprint density at radius 3 is 2.50 bits per heavy atom. The summed E-state index contributed by atoms with van der Waals surface area (Å²) in [5, 5.41) is 2.73. The maximum atomic E-state index is 5.93. The lowest BCUT2D eigenvalue weighted by molar-refractivity contribution is 0.442. The third-order valence-electron chi connectivity index (χ3n) is 4.39. The number of fused-ring (bicyclic) bond motifs is 1. The highest BCUT2D eigenvalue weighted by Gasteiger charge is 2.31. The van der Waals surface area contributed by atoms with E-state index in [-0.39, 0.29) is 5.41 Å². The zero-order valence-corrected chi connectivity index (χ0v) is 12.7. The second-order valence-corrected chi connectivity index (χ2v) is 6.10. The van der Waals surface area contributed by atoms with Crippen LogP contribution in [0.15, 0.2) is 34.7 Å². The van der Waals surface area contributed by atoms with E-state index < -0.39 is 0 Å². The number of rotatable bonds is 3. The topological polar surface area (TPSA) is 13.1 Å². The molecule has 1 aliphatic rings. The standard InChI is InChI=1S/C19H22O/c1-5-19(18-10-9-14(4)20-18)11-15-7-6-8-16(13(2)3)17(15)12-19/h6-13H,5H2,1-4H3. The molecular weight excluding hydrogens is 244 g/mol. The Morgan fingerprint density at radius 2 is 1.90 bits per heavy atom. The van der Waals surface area contributed by atoms with E-state index in [9.17, 15) is 0 Å². The quantitative estimate of drug-likeness (QED) is 0.827. The number of aryl methyl sites for hydroxylation is 1. The second kappa shape index (κ2) is 4.66. The van der Waals surface area contributed by atoms with Gasteiger partial charge in [-0.2, -0.15) is 0 Å². The Kier molecular flexibility index (Phi) is 3.08. The summed E-state index contributed by atoms with van der Waals surface area (Å²) < 4.78 is 5.93. The van der Waals surface area contributed by atoms with Crippen LogP contribution in [0.25, 0.3) is 12.2 Å². The molecule has 0 spiro atoms. The second-order valence-electron chi connectivity index (χ2n) is 6.10. The zero-order valence-electron chi connectivity index (χ0n) is 12.7. The van der Waals surface area contributed by atoms with Gasteiger partial charge in [-0.3, -0.25) is 0 Å². The van der Waals surface area contributed by atoms with E-state index in [0.29, 0.717) is 5.92 Å². The average molecular weight is 266 g/mol. The fourth-order valence-corrected chi connectivity index (χ4v) is 3.18. The molecule has 0 bridgehead atoms. The molecule has 0 N–H and O–H groups in total. The Hall–Kier alpha value is -1.76. The lowest BCUT2D eigenvalue weighted by Crippen LogP contribution is -2.25. The molecule has 1 heteroatoms. The molecule has 3 rings (SSSR count). The lowest BCUT2D eigenvalue weighted by atomic mass is 9.83. The first kappa shape index (κ1) is 13.2. The highest BCUT2D eigenvalue weighted by atomic mass is 16.3. The first-order chi connectivity index (χ1) is 9.55. The van der Waals surface area contributed by atoms with Crippen molar-refractivity contribution in [2.45, 2.75) is 45.4 Å². The third-order valence-corrected chi connectivity index (χ3v) is 4.39.